The maximum Gasteiger partial charge on any atom is 0.338 e. The van der Waals surface area contributed by atoms with Crippen molar-refractivity contribution in [2.75, 3.05) is 18.5 Å². The first-order valence-electron chi connectivity index (χ1n) is 7.74. The Balaban J connectivity index is 1.99. The van der Waals surface area contributed by atoms with Gasteiger partial charge in [-0.2, -0.15) is 0 Å². The summed E-state index contributed by atoms with van der Waals surface area (Å²) in [7, 11) is -4.00. The zero-order valence-electron chi connectivity index (χ0n) is 14.2. The topological polar surface area (TPSA) is 102 Å². The first-order chi connectivity index (χ1) is 12.7. The number of hydrogen-bond acceptors (Lipinski definition) is 5. The molecule has 0 bridgehead atoms. The molecule has 2 N–H and O–H groups in total. The highest BCUT2D eigenvalue weighted by atomic mass is 35.5. The minimum Gasteiger partial charge on any atom is -0.462 e. The van der Waals surface area contributed by atoms with E-state index in [0.29, 0.717) is 0 Å². The third kappa shape index (κ3) is 5.75. The number of esters is 1. The second-order valence-corrected chi connectivity index (χ2v) is 7.45. The number of hydrogen-bond donors (Lipinski definition) is 2. The normalized spacial score (nSPS) is 11.1. The van der Waals surface area contributed by atoms with Gasteiger partial charge in [-0.05, 0) is 49.4 Å². The Kier molecular flexibility index (Phi) is 6.89. The van der Waals surface area contributed by atoms with E-state index in [2.05, 4.69) is 10.0 Å². The van der Waals surface area contributed by atoms with E-state index in [-0.39, 0.29) is 27.8 Å². The average molecular weight is 415 g/mol. The van der Waals surface area contributed by atoms with Crippen LogP contribution in [0.3, 0.4) is 0 Å². The highest BCUT2D eigenvalue weighted by Crippen LogP contribution is 2.18. The van der Waals surface area contributed by atoms with Crippen molar-refractivity contribution in [3.63, 3.8) is 0 Å². The SMILES string of the molecule is CCOC(=O)c1ccc(S(=O)(=O)NCC(=O)Nc2ccc(Cl)cc2F)cc1. The smallest absolute Gasteiger partial charge is 0.338 e. The molecule has 0 saturated heterocycles. The highest BCUT2D eigenvalue weighted by Gasteiger charge is 2.17. The largest absolute Gasteiger partial charge is 0.462 e. The molecule has 10 heteroatoms. The Hall–Kier alpha value is -2.49. The molecule has 0 aliphatic heterocycles. The molecule has 1 amide bonds. The molecule has 0 radical (unpaired) electrons. The zero-order chi connectivity index (χ0) is 20.0. The Labute approximate surface area is 160 Å². The molecule has 0 aliphatic carbocycles. The van der Waals surface area contributed by atoms with Crippen molar-refractivity contribution >= 4 is 39.2 Å². The van der Waals surface area contributed by atoms with E-state index in [1.807, 2.05) is 0 Å². The molecule has 0 spiro atoms. The Morgan fingerprint density at radius 3 is 2.41 bits per heavy atom. The fourth-order valence-electron chi connectivity index (χ4n) is 2.01. The maximum atomic E-state index is 13.6. The van der Waals surface area contributed by atoms with Gasteiger partial charge in [0, 0.05) is 5.02 Å². The van der Waals surface area contributed by atoms with E-state index in [4.69, 9.17) is 16.3 Å². The second-order valence-electron chi connectivity index (χ2n) is 5.24. The molecule has 7 nitrogen and oxygen atoms in total. The van der Waals surface area contributed by atoms with Crippen LogP contribution in [0.4, 0.5) is 10.1 Å². The van der Waals surface area contributed by atoms with Crippen LogP contribution in [0, 0.1) is 5.82 Å². The first-order valence-corrected chi connectivity index (χ1v) is 9.61. The van der Waals surface area contributed by atoms with E-state index in [1.54, 1.807) is 6.92 Å². The predicted molar refractivity (Wildman–Crippen MR) is 97.6 cm³/mol. The van der Waals surface area contributed by atoms with Gasteiger partial charge >= 0.3 is 5.97 Å². The number of benzene rings is 2. The molecule has 0 unspecified atom stereocenters. The molecule has 0 aromatic heterocycles. The van der Waals surface area contributed by atoms with Gasteiger partial charge in [0.1, 0.15) is 5.82 Å². The van der Waals surface area contributed by atoms with Gasteiger partial charge in [-0.1, -0.05) is 11.6 Å². The molecular weight excluding hydrogens is 399 g/mol. The monoisotopic (exact) mass is 414 g/mol. The number of carbonyl (C=O) groups is 2. The third-order valence-corrected chi connectivity index (χ3v) is 4.96. The van der Waals surface area contributed by atoms with Gasteiger partial charge in [-0.3, -0.25) is 4.79 Å². The van der Waals surface area contributed by atoms with E-state index >= 15 is 0 Å². The van der Waals surface area contributed by atoms with Gasteiger partial charge in [0.2, 0.25) is 15.9 Å². The molecular formula is C17H16ClFN2O5S. The summed E-state index contributed by atoms with van der Waals surface area (Å²) in [6, 6.07) is 8.70. The number of halogens is 2. The standard InChI is InChI=1S/C17H16ClFN2O5S/c1-2-26-17(23)11-3-6-13(7-4-11)27(24,25)20-10-16(22)21-15-8-5-12(18)9-14(15)19/h3-9,20H,2,10H2,1H3,(H,21,22). The molecule has 0 heterocycles. The molecule has 144 valence electrons. The lowest BCUT2D eigenvalue weighted by molar-refractivity contribution is -0.115. The summed E-state index contributed by atoms with van der Waals surface area (Å²) in [4.78, 5) is 23.3. The number of ether oxygens (including phenoxy) is 1. The highest BCUT2D eigenvalue weighted by molar-refractivity contribution is 7.89. The van der Waals surface area contributed by atoms with Crippen LogP contribution >= 0.6 is 11.6 Å². The van der Waals surface area contributed by atoms with Crippen molar-refractivity contribution in [2.24, 2.45) is 0 Å². The lowest BCUT2D eigenvalue weighted by atomic mass is 10.2. The molecule has 27 heavy (non-hydrogen) atoms. The lowest BCUT2D eigenvalue weighted by Gasteiger charge is -2.09. The summed E-state index contributed by atoms with van der Waals surface area (Å²) in [5.74, 6) is -2.07. The van der Waals surface area contributed by atoms with Crippen LogP contribution in [-0.4, -0.2) is 33.4 Å². The molecule has 0 atom stereocenters. The second kappa shape index (κ2) is 8.94. The van der Waals surface area contributed by atoms with Gasteiger partial charge in [-0.15, -0.1) is 0 Å². The molecule has 2 aromatic rings. The Bertz CT molecular complexity index is 948. The minimum absolute atomic E-state index is 0.123. The van der Waals surface area contributed by atoms with Gasteiger partial charge < -0.3 is 10.1 Å². The van der Waals surface area contributed by atoms with Crippen molar-refractivity contribution in [1.82, 2.24) is 4.72 Å². The quantitative estimate of drug-likeness (QED) is 0.678. The van der Waals surface area contributed by atoms with Crippen molar-refractivity contribution in [3.8, 4) is 0 Å². The molecule has 2 rings (SSSR count). The van der Waals surface area contributed by atoms with Crippen LogP contribution in [0.5, 0.6) is 0 Å². The zero-order valence-corrected chi connectivity index (χ0v) is 15.7. The maximum absolute atomic E-state index is 13.6. The summed E-state index contributed by atoms with van der Waals surface area (Å²) >= 11 is 5.62. The van der Waals surface area contributed by atoms with Gasteiger partial charge in [-0.25, -0.2) is 22.3 Å². The van der Waals surface area contributed by atoms with E-state index < -0.39 is 34.3 Å². The fourth-order valence-corrected chi connectivity index (χ4v) is 3.15. The van der Waals surface area contributed by atoms with E-state index in [9.17, 15) is 22.4 Å². The summed E-state index contributed by atoms with van der Waals surface area (Å²) in [5.41, 5.74) is 0.0779. The number of sulfonamides is 1. The molecule has 0 saturated carbocycles. The van der Waals surface area contributed by atoms with Crippen LogP contribution in [0.25, 0.3) is 0 Å². The Morgan fingerprint density at radius 1 is 1.15 bits per heavy atom. The summed E-state index contributed by atoms with van der Waals surface area (Å²) in [6.07, 6.45) is 0. The van der Waals surface area contributed by atoms with Crippen molar-refractivity contribution in [2.45, 2.75) is 11.8 Å². The van der Waals surface area contributed by atoms with Crippen LogP contribution in [-0.2, 0) is 19.6 Å². The molecule has 0 aliphatic rings. The molecule has 0 fully saturated rings. The van der Waals surface area contributed by atoms with E-state index in [0.717, 1.165) is 6.07 Å². The fraction of sp³-hybridized carbons (Fsp3) is 0.176. The van der Waals surface area contributed by atoms with E-state index in [1.165, 1.54) is 36.4 Å². The number of carbonyl (C=O) groups excluding carboxylic acids is 2. The number of amides is 1. The Morgan fingerprint density at radius 2 is 1.81 bits per heavy atom. The summed E-state index contributed by atoms with van der Waals surface area (Å²) < 4.78 is 45.0. The van der Waals surface area contributed by atoms with Crippen molar-refractivity contribution in [3.05, 3.63) is 58.9 Å². The van der Waals surface area contributed by atoms with Crippen molar-refractivity contribution < 1.29 is 27.1 Å². The number of rotatable bonds is 7. The number of anilines is 1. The van der Waals surface area contributed by atoms with Crippen molar-refractivity contribution in [1.29, 1.82) is 0 Å². The minimum atomic E-state index is -4.00. The first kappa shape index (κ1) is 20.8. The molecule has 2 aromatic carbocycles. The van der Waals surface area contributed by atoms with Crippen LogP contribution in [0.1, 0.15) is 17.3 Å². The summed E-state index contributed by atoms with van der Waals surface area (Å²) in [5, 5.41) is 2.40. The van der Waals surface area contributed by atoms with Crippen LogP contribution in [0.2, 0.25) is 5.02 Å². The number of nitrogens with one attached hydrogen (secondary N) is 2. The third-order valence-electron chi connectivity index (χ3n) is 3.30. The van der Waals surface area contributed by atoms with Gasteiger partial charge in [0.25, 0.3) is 0 Å². The predicted octanol–water partition coefficient (Wildman–Crippen LogP) is 2.57. The van der Waals surface area contributed by atoms with Crippen LogP contribution in [0.15, 0.2) is 47.4 Å². The van der Waals surface area contributed by atoms with Gasteiger partial charge in [0.05, 0.1) is 29.3 Å². The lowest BCUT2D eigenvalue weighted by Crippen LogP contribution is -2.33. The van der Waals surface area contributed by atoms with Gasteiger partial charge in [0.15, 0.2) is 0 Å². The average Bonchev–Trinajstić information content (AvgIpc) is 2.63. The van der Waals surface area contributed by atoms with Crippen LogP contribution < -0.4 is 10.0 Å². The summed E-state index contributed by atoms with van der Waals surface area (Å²) in [6.45, 7) is 1.25.